The van der Waals surface area contributed by atoms with E-state index in [-0.39, 0.29) is 40.7 Å². The lowest BCUT2D eigenvalue weighted by atomic mass is 10.00. The molecule has 11 nitrogen and oxygen atoms in total. The fraction of sp³-hybridized carbons (Fsp3) is 0.300. The molecule has 2 aromatic carbocycles. The number of benzene rings is 2. The highest BCUT2D eigenvalue weighted by Gasteiger charge is 2.42. The van der Waals surface area contributed by atoms with Gasteiger partial charge in [0, 0.05) is 12.1 Å². The summed E-state index contributed by atoms with van der Waals surface area (Å²) in [6, 6.07) is 4.63. The van der Waals surface area contributed by atoms with Crippen LogP contribution in [-0.4, -0.2) is 76.8 Å². The molecular weight excluding hydrogens is 416 g/mol. The lowest BCUT2D eigenvalue weighted by molar-refractivity contribution is -0.263. The van der Waals surface area contributed by atoms with E-state index < -0.39 is 48.0 Å². The number of ether oxygens (including phenoxy) is 3. The molecule has 2 heterocycles. The second kappa shape index (κ2) is 7.71. The van der Waals surface area contributed by atoms with Crippen molar-refractivity contribution in [2.75, 3.05) is 6.61 Å². The minimum atomic E-state index is -1.61. The molecule has 0 saturated carbocycles. The Labute approximate surface area is 174 Å². The fourth-order valence-corrected chi connectivity index (χ4v) is 3.42. The second-order valence-corrected chi connectivity index (χ2v) is 7.25. The molecule has 0 radical (unpaired) electrons. The third-order valence-electron chi connectivity index (χ3n) is 5.06. The molecule has 11 heteroatoms. The van der Waals surface area contributed by atoms with Crippen molar-refractivity contribution in [1.82, 2.24) is 0 Å². The number of hydrogen-bond donors (Lipinski definition) is 8. The molecule has 2 aliphatic heterocycles. The number of fused-ring (bicyclic) bond motifs is 1. The van der Waals surface area contributed by atoms with Gasteiger partial charge in [-0.2, -0.15) is 0 Å². The molecule has 1 saturated heterocycles. The average molecular weight is 437 g/mol. The zero-order chi connectivity index (χ0) is 22.4. The summed E-state index contributed by atoms with van der Waals surface area (Å²) in [5.74, 6) is -2.38. The van der Waals surface area contributed by atoms with Crippen LogP contribution < -0.4 is 0 Å². The average Bonchev–Trinajstić information content (AvgIpc) is 2.72. The summed E-state index contributed by atoms with van der Waals surface area (Å²) in [6.07, 6.45) is -5.56. The zero-order valence-electron chi connectivity index (χ0n) is 15.8. The van der Waals surface area contributed by atoms with Crippen LogP contribution >= 0.6 is 0 Å². The van der Waals surface area contributed by atoms with Gasteiger partial charge in [0.15, 0.2) is 23.0 Å². The molecule has 2 aromatic rings. The monoisotopic (exact) mass is 437 g/mol. The van der Waals surface area contributed by atoms with Gasteiger partial charge in [0.1, 0.15) is 35.4 Å². The molecule has 5 atom stereocenters. The summed E-state index contributed by atoms with van der Waals surface area (Å²) >= 11 is 0. The Hall–Kier alpha value is -3.38. The van der Waals surface area contributed by atoms with Gasteiger partial charge in [-0.1, -0.05) is 0 Å². The normalized spacial score (nSPS) is 27.7. The van der Waals surface area contributed by atoms with Crippen LogP contribution in [0, 0.1) is 0 Å². The minimum Gasteiger partial charge on any atom is -0.571 e. The molecule has 1 unspecified atom stereocenters. The first kappa shape index (κ1) is 20.9. The lowest BCUT2D eigenvalue weighted by Crippen LogP contribution is -2.53. The number of aromatic hydroxyl groups is 6. The summed E-state index contributed by atoms with van der Waals surface area (Å²) in [4.78, 5) is 0. The third kappa shape index (κ3) is 3.75. The third-order valence-corrected chi connectivity index (χ3v) is 5.06. The van der Waals surface area contributed by atoms with Crippen molar-refractivity contribution in [3.63, 3.8) is 0 Å². The summed E-state index contributed by atoms with van der Waals surface area (Å²) in [5, 5.41) is 79.1. The predicted molar refractivity (Wildman–Crippen MR) is 102 cm³/mol. The van der Waals surface area contributed by atoms with Crippen LogP contribution in [0.15, 0.2) is 30.0 Å². The van der Waals surface area contributed by atoms with Crippen LogP contribution in [0.1, 0.15) is 17.2 Å². The Bertz CT molecular complexity index is 1010. The lowest BCUT2D eigenvalue weighted by Gasteiger charge is -2.36. The first-order valence-corrected chi connectivity index (χ1v) is 9.21. The minimum absolute atomic E-state index is 0.00869. The predicted octanol–water partition coefficient (Wildman–Crippen LogP) is 0.00730. The maximum atomic E-state index is 10.2. The molecule has 1 fully saturated rings. The summed E-state index contributed by atoms with van der Waals surface area (Å²) in [6.45, 7) is -0.311. The molecule has 0 aromatic heterocycles. The van der Waals surface area contributed by atoms with Crippen molar-refractivity contribution < 1.29 is 55.1 Å². The van der Waals surface area contributed by atoms with Crippen molar-refractivity contribution in [3.05, 3.63) is 41.2 Å². The Morgan fingerprint density at radius 3 is 2.23 bits per heavy atom. The van der Waals surface area contributed by atoms with Gasteiger partial charge in [-0.15, -0.1) is 0 Å². The van der Waals surface area contributed by atoms with Gasteiger partial charge in [-0.05, 0) is 12.1 Å². The first-order valence-electron chi connectivity index (χ1n) is 9.21. The topological polar surface area (TPSA) is 193 Å². The van der Waals surface area contributed by atoms with Gasteiger partial charge < -0.3 is 55.1 Å². The zero-order valence-corrected chi connectivity index (χ0v) is 15.8. The molecule has 166 valence electrons. The van der Waals surface area contributed by atoms with E-state index in [4.69, 9.17) is 9.47 Å². The highest BCUT2D eigenvalue weighted by Crippen LogP contribution is 2.47. The quantitative estimate of drug-likeness (QED) is 0.239. The van der Waals surface area contributed by atoms with Gasteiger partial charge in [-0.3, -0.25) is 0 Å². The molecule has 0 bridgehead atoms. The maximum Gasteiger partial charge on any atom is 0.270 e. The van der Waals surface area contributed by atoms with Gasteiger partial charge in [0.2, 0.25) is 6.29 Å². The number of phenolic OH excluding ortho intramolecular Hbond substituents is 5. The van der Waals surface area contributed by atoms with E-state index in [0.717, 1.165) is 18.2 Å². The highest BCUT2D eigenvalue weighted by atomic mass is 16.7. The molecule has 9 N–H and O–H groups in total. The van der Waals surface area contributed by atoms with Gasteiger partial charge in [-0.25, -0.2) is 0 Å². The van der Waals surface area contributed by atoms with E-state index >= 15 is 0 Å². The van der Waals surface area contributed by atoms with Crippen molar-refractivity contribution in [1.29, 1.82) is 0 Å². The largest absolute Gasteiger partial charge is 0.571 e. The van der Waals surface area contributed by atoms with E-state index in [9.17, 15) is 40.9 Å². The number of phenols is 5. The van der Waals surface area contributed by atoms with Crippen LogP contribution in [0.5, 0.6) is 34.5 Å². The summed E-state index contributed by atoms with van der Waals surface area (Å²) in [5.41, 5.74) is 0.348. The molecular formula is C20H21O11+. The highest BCUT2D eigenvalue weighted by molar-refractivity contribution is 5.69. The van der Waals surface area contributed by atoms with Crippen molar-refractivity contribution in [2.24, 2.45) is 0 Å². The van der Waals surface area contributed by atoms with Crippen LogP contribution in [0.25, 0.3) is 6.08 Å². The SMILES string of the molecule is Oc1cc(O)c2c(c1)[OH+]C(c1cc(O)c(O)c(O)c1)C(O[C@@H]1OC[C@H](O)[C@@H](O)[C@@H]1O)=C2. The standard InChI is InChI=1S/C20H20O11/c21-8-3-10(22)9-5-15(31-20-18(28)17(27)13(25)6-29-20)19(30-14(9)4-8)7-1-11(23)16(26)12(24)2-7/h1-5,13,17-28H,6H2/p+1/t13-,17+,18-,19?,20-/m0/s1. The Morgan fingerprint density at radius 1 is 0.871 bits per heavy atom. The fourth-order valence-electron chi connectivity index (χ4n) is 3.42. The summed E-state index contributed by atoms with van der Waals surface area (Å²) in [7, 11) is 0. The van der Waals surface area contributed by atoms with Gasteiger partial charge in [0.05, 0.1) is 18.2 Å². The van der Waals surface area contributed by atoms with Crippen LogP contribution in [0.3, 0.4) is 0 Å². The van der Waals surface area contributed by atoms with Crippen molar-refractivity contribution >= 4 is 6.08 Å². The smallest absolute Gasteiger partial charge is 0.270 e. The number of aliphatic hydroxyl groups is 4. The molecule has 4 rings (SSSR count). The van der Waals surface area contributed by atoms with Gasteiger partial charge in [0.25, 0.3) is 11.9 Å². The Kier molecular flexibility index (Phi) is 5.19. The van der Waals surface area contributed by atoms with Crippen LogP contribution in [0.4, 0.5) is 0 Å². The molecule has 0 aliphatic carbocycles. The number of rotatable bonds is 3. The second-order valence-electron chi connectivity index (χ2n) is 7.25. The van der Waals surface area contributed by atoms with Crippen molar-refractivity contribution in [3.8, 4) is 34.5 Å². The van der Waals surface area contributed by atoms with Crippen LogP contribution in [-0.2, 0) is 9.47 Å². The molecule has 31 heavy (non-hydrogen) atoms. The maximum absolute atomic E-state index is 10.2. The van der Waals surface area contributed by atoms with Crippen molar-refractivity contribution in [2.45, 2.75) is 30.7 Å². The first-order chi connectivity index (χ1) is 14.7. The molecule has 0 spiro atoms. The van der Waals surface area contributed by atoms with E-state index in [2.05, 4.69) is 4.74 Å². The van der Waals surface area contributed by atoms with E-state index in [1.807, 2.05) is 0 Å². The van der Waals surface area contributed by atoms with Crippen LogP contribution in [0.2, 0.25) is 0 Å². The number of aliphatic hydroxyl groups excluding tert-OH is 3. The molecule has 2 aliphatic rings. The summed E-state index contributed by atoms with van der Waals surface area (Å²) < 4.78 is 15.4. The molecule has 0 amide bonds. The number of hydrogen-bond acceptors (Lipinski definition) is 10. The van der Waals surface area contributed by atoms with E-state index in [1.165, 1.54) is 12.1 Å². The van der Waals surface area contributed by atoms with E-state index in [1.54, 1.807) is 0 Å². The van der Waals surface area contributed by atoms with Gasteiger partial charge >= 0.3 is 0 Å². The van der Waals surface area contributed by atoms with E-state index in [0.29, 0.717) is 0 Å². The Balaban J connectivity index is 1.76. The Morgan fingerprint density at radius 2 is 1.55 bits per heavy atom.